The molecular formula is C23H23Cl2FN4O3. The summed E-state index contributed by atoms with van der Waals surface area (Å²) < 4.78 is 20.7. The standard InChI is InChI=1S/C23H23Cl2FN4O3/c24-16-9-15(10-17(25)12-16)21(3-7-31)30-6-2-14(11-22(30)32)19-1-5-27-23(28-19)29-20-4-8-33-13-18(20)26/h1-2,5-6,9-12,18,20-21,31H,3-4,7-8,13H2,(H,27,28,29)/t18-,20+,21-/m1/s1. The van der Waals surface area contributed by atoms with Gasteiger partial charge in [-0.15, -0.1) is 0 Å². The quantitative estimate of drug-likeness (QED) is 0.515. The summed E-state index contributed by atoms with van der Waals surface area (Å²) in [5.41, 5.74) is 1.58. The van der Waals surface area contributed by atoms with Crippen molar-refractivity contribution in [3.05, 3.63) is 74.8 Å². The van der Waals surface area contributed by atoms with E-state index in [1.54, 1.807) is 42.7 Å². The van der Waals surface area contributed by atoms with Gasteiger partial charge in [-0.25, -0.2) is 14.4 Å². The van der Waals surface area contributed by atoms with E-state index in [9.17, 15) is 14.3 Å². The van der Waals surface area contributed by atoms with Crippen molar-refractivity contribution in [2.45, 2.75) is 31.1 Å². The summed E-state index contributed by atoms with van der Waals surface area (Å²) in [6.07, 6.45) is 2.90. The average Bonchev–Trinajstić information content (AvgIpc) is 2.79. The summed E-state index contributed by atoms with van der Waals surface area (Å²) >= 11 is 12.3. The highest BCUT2D eigenvalue weighted by molar-refractivity contribution is 6.34. The SMILES string of the molecule is O=c1cc(-c2ccnc(N[C@H]3CCOC[C@H]3F)n2)ccn1[C@H](CCO)c1cc(Cl)cc(Cl)c1. The zero-order valence-electron chi connectivity index (χ0n) is 17.6. The molecule has 7 nitrogen and oxygen atoms in total. The number of halogens is 3. The Bertz CT molecular complexity index is 1160. The van der Waals surface area contributed by atoms with Gasteiger partial charge in [0.2, 0.25) is 5.95 Å². The highest BCUT2D eigenvalue weighted by Gasteiger charge is 2.26. The van der Waals surface area contributed by atoms with Crippen molar-refractivity contribution in [1.29, 1.82) is 0 Å². The fourth-order valence-electron chi connectivity index (χ4n) is 3.88. The average molecular weight is 493 g/mol. The monoisotopic (exact) mass is 492 g/mol. The molecule has 1 aliphatic rings. The van der Waals surface area contributed by atoms with E-state index in [0.717, 1.165) is 5.56 Å². The van der Waals surface area contributed by atoms with Crippen LogP contribution < -0.4 is 10.9 Å². The molecule has 3 atom stereocenters. The van der Waals surface area contributed by atoms with Crippen LogP contribution in [0.1, 0.15) is 24.4 Å². The van der Waals surface area contributed by atoms with E-state index < -0.39 is 18.3 Å². The first-order valence-electron chi connectivity index (χ1n) is 10.6. The fraction of sp³-hybridized carbons (Fsp3) is 0.348. The Morgan fingerprint density at radius 3 is 2.73 bits per heavy atom. The molecule has 1 saturated heterocycles. The minimum atomic E-state index is -1.14. The van der Waals surface area contributed by atoms with Gasteiger partial charge in [0.15, 0.2) is 0 Å². The first-order chi connectivity index (χ1) is 15.9. The van der Waals surface area contributed by atoms with Crippen LogP contribution in [-0.4, -0.2) is 51.7 Å². The number of ether oxygens (including phenoxy) is 1. The van der Waals surface area contributed by atoms with Crippen LogP contribution in [0.2, 0.25) is 10.0 Å². The molecule has 0 amide bonds. The number of benzene rings is 1. The fourth-order valence-corrected chi connectivity index (χ4v) is 4.43. The van der Waals surface area contributed by atoms with Gasteiger partial charge in [0.05, 0.1) is 24.4 Å². The van der Waals surface area contributed by atoms with Crippen molar-refractivity contribution in [1.82, 2.24) is 14.5 Å². The summed E-state index contributed by atoms with van der Waals surface area (Å²) in [5, 5.41) is 13.5. The number of pyridine rings is 1. The predicted octanol–water partition coefficient (Wildman–Crippen LogP) is 4.12. The largest absolute Gasteiger partial charge is 0.396 e. The lowest BCUT2D eigenvalue weighted by Crippen LogP contribution is -2.39. The Morgan fingerprint density at radius 1 is 1.24 bits per heavy atom. The smallest absolute Gasteiger partial charge is 0.251 e. The van der Waals surface area contributed by atoms with Crippen LogP contribution in [0.3, 0.4) is 0 Å². The molecule has 33 heavy (non-hydrogen) atoms. The first-order valence-corrected chi connectivity index (χ1v) is 11.3. The van der Waals surface area contributed by atoms with Crippen LogP contribution in [0.5, 0.6) is 0 Å². The van der Waals surface area contributed by atoms with Gasteiger partial charge < -0.3 is 19.7 Å². The molecule has 3 aromatic rings. The number of aliphatic hydroxyl groups is 1. The lowest BCUT2D eigenvalue weighted by Gasteiger charge is -2.26. The van der Waals surface area contributed by atoms with E-state index in [-0.39, 0.29) is 24.7 Å². The molecule has 0 saturated carbocycles. The first kappa shape index (κ1) is 23.6. The van der Waals surface area contributed by atoms with Gasteiger partial charge in [0.25, 0.3) is 5.56 Å². The van der Waals surface area contributed by atoms with Crippen molar-refractivity contribution < 1.29 is 14.2 Å². The molecule has 2 aromatic heterocycles. The Morgan fingerprint density at radius 2 is 2.03 bits per heavy atom. The summed E-state index contributed by atoms with van der Waals surface area (Å²) in [5.74, 6) is 0.290. The molecule has 0 bridgehead atoms. The second-order valence-corrected chi connectivity index (χ2v) is 8.66. The van der Waals surface area contributed by atoms with E-state index >= 15 is 0 Å². The summed E-state index contributed by atoms with van der Waals surface area (Å²) in [6, 6.07) is 9.11. The zero-order chi connectivity index (χ0) is 23.4. The van der Waals surface area contributed by atoms with Crippen LogP contribution >= 0.6 is 23.2 Å². The lowest BCUT2D eigenvalue weighted by molar-refractivity contribution is 0.0284. The number of aromatic nitrogens is 3. The van der Waals surface area contributed by atoms with Crippen LogP contribution in [0.4, 0.5) is 10.3 Å². The van der Waals surface area contributed by atoms with E-state index in [1.807, 2.05) is 0 Å². The third-order valence-corrected chi connectivity index (χ3v) is 5.95. The number of hydrogen-bond donors (Lipinski definition) is 2. The molecule has 4 rings (SSSR count). The van der Waals surface area contributed by atoms with Gasteiger partial charge in [-0.2, -0.15) is 0 Å². The van der Waals surface area contributed by atoms with Gasteiger partial charge in [0.1, 0.15) is 6.17 Å². The molecule has 1 aliphatic heterocycles. The van der Waals surface area contributed by atoms with E-state index in [1.165, 1.54) is 10.6 Å². The van der Waals surface area contributed by atoms with Crippen LogP contribution in [-0.2, 0) is 4.74 Å². The maximum atomic E-state index is 14.1. The normalized spacial score (nSPS) is 19.3. The highest BCUT2D eigenvalue weighted by atomic mass is 35.5. The topological polar surface area (TPSA) is 89.3 Å². The predicted molar refractivity (Wildman–Crippen MR) is 126 cm³/mol. The highest BCUT2D eigenvalue weighted by Crippen LogP contribution is 2.28. The van der Waals surface area contributed by atoms with Gasteiger partial charge in [0, 0.05) is 47.3 Å². The van der Waals surface area contributed by atoms with Gasteiger partial charge in [-0.1, -0.05) is 23.2 Å². The number of nitrogens with zero attached hydrogens (tertiary/aromatic N) is 3. The Kier molecular flexibility index (Phi) is 7.60. The van der Waals surface area contributed by atoms with Gasteiger partial charge in [-0.3, -0.25) is 4.79 Å². The summed E-state index contributed by atoms with van der Waals surface area (Å²) in [6.45, 7) is 0.400. The minimum Gasteiger partial charge on any atom is -0.396 e. The molecule has 2 N–H and O–H groups in total. The van der Waals surface area contributed by atoms with E-state index in [2.05, 4.69) is 15.3 Å². The van der Waals surface area contributed by atoms with Gasteiger partial charge >= 0.3 is 0 Å². The molecule has 0 aliphatic carbocycles. The van der Waals surface area contributed by atoms with Crippen molar-refractivity contribution in [2.75, 3.05) is 25.1 Å². The van der Waals surface area contributed by atoms with Crippen LogP contribution in [0.25, 0.3) is 11.3 Å². The van der Waals surface area contributed by atoms with Crippen molar-refractivity contribution in [2.24, 2.45) is 0 Å². The third-order valence-electron chi connectivity index (χ3n) is 5.51. The number of hydrogen-bond acceptors (Lipinski definition) is 6. The second-order valence-electron chi connectivity index (χ2n) is 7.79. The van der Waals surface area contributed by atoms with E-state index in [4.69, 9.17) is 27.9 Å². The van der Waals surface area contributed by atoms with Crippen molar-refractivity contribution in [3.8, 4) is 11.3 Å². The lowest BCUT2D eigenvalue weighted by atomic mass is 10.0. The maximum absolute atomic E-state index is 14.1. The molecule has 174 valence electrons. The van der Waals surface area contributed by atoms with E-state index in [0.29, 0.717) is 40.8 Å². The summed E-state index contributed by atoms with van der Waals surface area (Å²) in [7, 11) is 0. The summed E-state index contributed by atoms with van der Waals surface area (Å²) in [4.78, 5) is 21.6. The number of nitrogens with one attached hydrogen (secondary N) is 1. The molecular weight excluding hydrogens is 470 g/mol. The molecule has 1 fully saturated rings. The zero-order valence-corrected chi connectivity index (χ0v) is 19.1. The number of alkyl halides is 1. The number of anilines is 1. The second kappa shape index (κ2) is 10.6. The molecule has 10 heteroatoms. The molecule has 0 spiro atoms. The van der Waals surface area contributed by atoms with Crippen molar-refractivity contribution in [3.63, 3.8) is 0 Å². The Hall–Kier alpha value is -2.52. The van der Waals surface area contributed by atoms with Gasteiger partial charge in [-0.05, 0) is 48.7 Å². The Labute approximate surface area is 200 Å². The molecule has 1 aromatic carbocycles. The minimum absolute atomic E-state index is 0.0441. The van der Waals surface area contributed by atoms with Crippen LogP contribution in [0.15, 0.2) is 53.6 Å². The number of rotatable bonds is 7. The third kappa shape index (κ3) is 5.70. The van der Waals surface area contributed by atoms with Crippen LogP contribution in [0, 0.1) is 0 Å². The molecule has 0 radical (unpaired) electrons. The van der Waals surface area contributed by atoms with Crippen molar-refractivity contribution >= 4 is 29.2 Å². The molecule has 0 unspecified atom stereocenters. The maximum Gasteiger partial charge on any atom is 0.251 e. The number of aliphatic hydroxyl groups excluding tert-OH is 1. The molecule has 3 heterocycles. The Balaban J connectivity index is 1.61.